The molecule has 1 aliphatic rings. The van der Waals surface area contributed by atoms with E-state index in [1.54, 1.807) is 31.2 Å². The number of carboxylic acid groups (broad SMARTS) is 1. The van der Waals surface area contributed by atoms with E-state index in [4.69, 9.17) is 8.83 Å². The van der Waals surface area contributed by atoms with Gasteiger partial charge in [0.05, 0.1) is 17.2 Å². The van der Waals surface area contributed by atoms with Crippen LogP contribution in [0.1, 0.15) is 41.0 Å². The summed E-state index contributed by atoms with van der Waals surface area (Å²) >= 11 is 0. The number of carboxylic acids is 1. The Labute approximate surface area is 204 Å². The van der Waals surface area contributed by atoms with Crippen LogP contribution in [0.2, 0.25) is 0 Å². The molecule has 2 unspecified atom stereocenters. The second-order valence-corrected chi connectivity index (χ2v) is 7.84. The van der Waals surface area contributed by atoms with Gasteiger partial charge in [0.2, 0.25) is 5.76 Å². The van der Waals surface area contributed by atoms with Gasteiger partial charge in [0, 0.05) is 6.07 Å². The molecule has 3 aromatic rings. The molecular formula is C25H21NO10. The van der Waals surface area contributed by atoms with E-state index in [9.17, 15) is 29.5 Å². The summed E-state index contributed by atoms with van der Waals surface area (Å²) in [6.07, 6.45) is -0.512. The molecule has 1 aromatic carbocycles. The molecule has 0 spiro atoms. The number of rotatable bonds is 11. The van der Waals surface area contributed by atoms with Gasteiger partial charge in [-0.3, -0.25) is 24.5 Å². The van der Waals surface area contributed by atoms with Gasteiger partial charge in [-0.15, -0.1) is 0 Å². The maximum Gasteiger partial charge on any atom is 0.371 e. The van der Waals surface area contributed by atoms with Gasteiger partial charge in [-0.25, -0.2) is 9.68 Å². The Kier molecular flexibility index (Phi) is 7.13. The number of carbonyl (C=O) groups excluding carboxylic acids is 3. The molecule has 2 aromatic heterocycles. The smallest absolute Gasteiger partial charge is 0.371 e. The van der Waals surface area contributed by atoms with Crippen LogP contribution in [0.4, 0.5) is 0 Å². The summed E-state index contributed by atoms with van der Waals surface area (Å²) in [4.78, 5) is 55.2. The quantitative estimate of drug-likeness (QED) is 0.175. The summed E-state index contributed by atoms with van der Waals surface area (Å²) in [6.45, 7) is 1.86. The van der Waals surface area contributed by atoms with E-state index in [-0.39, 0.29) is 47.9 Å². The summed E-state index contributed by atoms with van der Waals surface area (Å²) in [5.41, 5.74) is 0.308. The van der Waals surface area contributed by atoms with Crippen molar-refractivity contribution in [3.8, 4) is 5.95 Å². The molecule has 0 bridgehead atoms. The number of hydrogen-bond donors (Lipinski definition) is 2. The Balaban J connectivity index is 1.84. The highest BCUT2D eigenvalue weighted by molar-refractivity contribution is 6.48. The van der Waals surface area contributed by atoms with Crippen molar-refractivity contribution in [2.45, 2.75) is 31.9 Å². The molecule has 0 saturated carbocycles. The molecule has 2 atom stereocenters. The van der Waals surface area contributed by atoms with Crippen molar-refractivity contribution in [2.24, 2.45) is 0 Å². The summed E-state index contributed by atoms with van der Waals surface area (Å²) in [6, 6.07) is 13.1. The number of imide groups is 1. The van der Waals surface area contributed by atoms with Crippen molar-refractivity contribution in [3.63, 3.8) is 0 Å². The summed E-state index contributed by atoms with van der Waals surface area (Å²) < 4.78 is 15.5. The van der Waals surface area contributed by atoms with Crippen LogP contribution in [-0.4, -0.2) is 51.7 Å². The average Bonchev–Trinajstić information content (AvgIpc) is 3.58. The molecule has 2 amide bonds. The molecule has 11 nitrogen and oxygen atoms in total. The molecule has 0 fully saturated rings. The van der Waals surface area contributed by atoms with Crippen molar-refractivity contribution in [2.75, 3.05) is 0 Å². The lowest BCUT2D eigenvalue weighted by Crippen LogP contribution is -2.49. The molecule has 11 heteroatoms. The van der Waals surface area contributed by atoms with Crippen molar-refractivity contribution in [1.82, 2.24) is 4.90 Å². The van der Waals surface area contributed by atoms with Gasteiger partial charge in [0.25, 0.3) is 17.8 Å². The van der Waals surface area contributed by atoms with Gasteiger partial charge in [-0.2, -0.15) is 0 Å². The minimum absolute atomic E-state index is 0.104. The normalized spacial score (nSPS) is 15.3. The highest BCUT2D eigenvalue weighted by Crippen LogP contribution is 2.40. The maximum atomic E-state index is 13.8. The minimum Gasteiger partial charge on any atom is -0.475 e. The van der Waals surface area contributed by atoms with Gasteiger partial charge in [0.15, 0.2) is 0 Å². The van der Waals surface area contributed by atoms with E-state index in [1.165, 1.54) is 18.2 Å². The zero-order chi connectivity index (χ0) is 25.8. The SMILES string of the molecule is CCC(OO)C(Cc1ccccc1)N1C(=O)C(c2ccc(OC=O)o2)=C(c2ccc(C(=O)O)o2)C1=O. The zero-order valence-corrected chi connectivity index (χ0v) is 19.0. The highest BCUT2D eigenvalue weighted by atomic mass is 17.1. The lowest BCUT2D eigenvalue weighted by atomic mass is 9.98. The average molecular weight is 495 g/mol. The fraction of sp³-hybridized carbons (Fsp3) is 0.200. The standard InChI is InChI=1S/C25H21NO10/c1-2-16(36-32)15(12-14-6-4-3-5-7-14)26-23(28)21(17-8-9-19(34-17)25(30)31)22(24(26)29)18-10-11-20(35-18)33-13-27/h3-11,13,15-16,32H,2,12H2,1H3,(H,30,31). The van der Waals surface area contributed by atoms with Crippen LogP contribution in [-0.2, 0) is 25.7 Å². The van der Waals surface area contributed by atoms with Gasteiger partial charge >= 0.3 is 12.4 Å². The van der Waals surface area contributed by atoms with E-state index in [2.05, 4.69) is 9.62 Å². The Hall–Kier alpha value is -4.48. The Morgan fingerprint density at radius 1 is 1.00 bits per heavy atom. The van der Waals surface area contributed by atoms with Crippen molar-refractivity contribution < 1.29 is 48.0 Å². The van der Waals surface area contributed by atoms with Crippen molar-refractivity contribution in [1.29, 1.82) is 0 Å². The minimum atomic E-state index is -1.36. The number of nitrogens with zero attached hydrogens (tertiary/aromatic N) is 1. The van der Waals surface area contributed by atoms with E-state index >= 15 is 0 Å². The topological polar surface area (TPSA) is 157 Å². The van der Waals surface area contributed by atoms with Crippen LogP contribution in [0.5, 0.6) is 5.95 Å². The van der Waals surface area contributed by atoms with Gasteiger partial charge < -0.3 is 18.7 Å². The molecule has 0 aliphatic carbocycles. The Morgan fingerprint density at radius 3 is 2.19 bits per heavy atom. The van der Waals surface area contributed by atoms with Crippen LogP contribution in [0.15, 0.2) is 63.4 Å². The van der Waals surface area contributed by atoms with Crippen LogP contribution >= 0.6 is 0 Å². The fourth-order valence-electron chi connectivity index (χ4n) is 4.12. The predicted octanol–water partition coefficient (Wildman–Crippen LogP) is 3.27. The van der Waals surface area contributed by atoms with Gasteiger partial charge in [-0.05, 0) is 36.6 Å². The third-order valence-corrected chi connectivity index (χ3v) is 5.76. The maximum absolute atomic E-state index is 13.8. The molecule has 3 heterocycles. The van der Waals surface area contributed by atoms with Crippen LogP contribution in [0.25, 0.3) is 11.1 Å². The third kappa shape index (κ3) is 4.57. The molecular weight excluding hydrogens is 474 g/mol. The summed E-state index contributed by atoms with van der Waals surface area (Å²) in [7, 11) is 0. The lowest BCUT2D eigenvalue weighted by Gasteiger charge is -2.31. The van der Waals surface area contributed by atoms with E-state index in [1.807, 2.05) is 6.07 Å². The molecule has 0 radical (unpaired) electrons. The number of furan rings is 2. The van der Waals surface area contributed by atoms with Crippen molar-refractivity contribution >= 4 is 35.4 Å². The molecule has 2 N–H and O–H groups in total. The Bertz CT molecular complexity index is 1320. The fourth-order valence-corrected chi connectivity index (χ4v) is 4.12. The largest absolute Gasteiger partial charge is 0.475 e. The van der Waals surface area contributed by atoms with Crippen LogP contribution in [0.3, 0.4) is 0 Å². The zero-order valence-electron chi connectivity index (χ0n) is 19.0. The summed E-state index contributed by atoms with van der Waals surface area (Å²) in [5, 5.41) is 18.8. The monoisotopic (exact) mass is 495 g/mol. The number of amides is 2. The van der Waals surface area contributed by atoms with E-state index in [0.717, 1.165) is 16.5 Å². The number of carbonyl (C=O) groups is 4. The predicted molar refractivity (Wildman–Crippen MR) is 121 cm³/mol. The molecule has 1 aliphatic heterocycles. The Morgan fingerprint density at radius 2 is 1.64 bits per heavy atom. The molecule has 4 rings (SSSR count). The van der Waals surface area contributed by atoms with Gasteiger partial charge in [0.1, 0.15) is 17.6 Å². The second-order valence-electron chi connectivity index (χ2n) is 7.84. The first-order valence-electron chi connectivity index (χ1n) is 10.9. The number of ether oxygens (including phenoxy) is 1. The molecule has 36 heavy (non-hydrogen) atoms. The van der Waals surface area contributed by atoms with Crippen LogP contribution in [0, 0.1) is 0 Å². The van der Waals surface area contributed by atoms with Crippen LogP contribution < -0.4 is 4.74 Å². The first-order chi connectivity index (χ1) is 17.4. The summed E-state index contributed by atoms with van der Waals surface area (Å²) in [5.74, 6) is -3.88. The van der Waals surface area contributed by atoms with E-state index < -0.39 is 35.7 Å². The highest BCUT2D eigenvalue weighted by Gasteiger charge is 2.47. The van der Waals surface area contributed by atoms with Gasteiger partial charge in [-0.1, -0.05) is 37.3 Å². The first-order valence-corrected chi connectivity index (χ1v) is 10.9. The number of benzene rings is 1. The molecule has 0 saturated heterocycles. The second kappa shape index (κ2) is 10.4. The first kappa shape index (κ1) is 24.6. The molecule has 186 valence electrons. The van der Waals surface area contributed by atoms with E-state index in [0.29, 0.717) is 0 Å². The van der Waals surface area contributed by atoms with Crippen molar-refractivity contribution in [3.05, 3.63) is 77.4 Å². The number of hydrogen-bond acceptors (Lipinski definition) is 9. The third-order valence-electron chi connectivity index (χ3n) is 5.76. The number of aromatic carboxylic acids is 1. The lowest BCUT2D eigenvalue weighted by molar-refractivity contribution is -0.289.